The zero-order valence-electron chi connectivity index (χ0n) is 96.7. The van der Waals surface area contributed by atoms with E-state index in [-0.39, 0.29) is 59.4 Å². The molecule has 16 heteroatoms. The van der Waals surface area contributed by atoms with E-state index in [0.29, 0.717) is 17.8 Å². The molecule has 8 aliphatic heterocycles. The molecule has 0 bridgehead atoms. The Bertz CT molecular complexity index is 3630. The fourth-order valence-corrected chi connectivity index (χ4v) is 25.1. The van der Waals surface area contributed by atoms with Crippen LogP contribution in [0.25, 0.3) is 0 Å². The molecule has 854 valence electrons. The smallest absolute Gasteiger partial charge is 0.104 e. The molecular formula is C129H266N16+8. The number of anilines is 1. The van der Waals surface area contributed by atoms with Gasteiger partial charge in [0.05, 0.1) is 213 Å². The number of hydrogen-bond acceptors (Lipinski definition) is 8. The number of quaternary nitrogens is 8. The molecule has 145 heavy (non-hydrogen) atoms. The summed E-state index contributed by atoms with van der Waals surface area (Å²) in [5, 5.41) is 10.4. The Labute approximate surface area is 910 Å². The Hall–Kier alpha value is -3.14. The van der Waals surface area contributed by atoms with E-state index >= 15 is 0 Å². The Morgan fingerprint density at radius 3 is 0.717 bits per heavy atom. The Balaban J connectivity index is 0.00000163. The first kappa shape index (κ1) is 142. The number of rotatable bonds is 26. The molecule has 4 aliphatic carbocycles. The maximum Gasteiger partial charge on any atom is 0.104 e. The molecule has 12 aliphatic rings. The fourth-order valence-electron chi connectivity index (χ4n) is 25.1. The van der Waals surface area contributed by atoms with E-state index < -0.39 is 0 Å². The van der Waals surface area contributed by atoms with Gasteiger partial charge < -0.3 is 56.7 Å². The maximum absolute atomic E-state index is 3.48. The van der Waals surface area contributed by atoms with Gasteiger partial charge in [0, 0.05) is 132 Å². The van der Waals surface area contributed by atoms with Crippen LogP contribution in [0.1, 0.15) is 332 Å². The zero-order valence-corrected chi connectivity index (χ0v) is 96.7. The van der Waals surface area contributed by atoms with Crippen LogP contribution in [0.3, 0.4) is 0 Å². The molecule has 4 saturated carbocycles. The lowest BCUT2D eigenvalue weighted by atomic mass is 9.76. The molecule has 3 aromatic carbocycles. The summed E-state index contributed by atoms with van der Waals surface area (Å²) in [4.78, 5) is 12.4. The van der Waals surface area contributed by atoms with Gasteiger partial charge in [0.25, 0.3) is 0 Å². The van der Waals surface area contributed by atoms with E-state index in [1.54, 1.807) is 0 Å². The van der Waals surface area contributed by atoms with Crippen molar-refractivity contribution in [1.82, 2.24) is 35.6 Å². The normalized spacial score (nSPS) is 25.6. The fraction of sp³-hybridized carbons (Fsp3) is 0.860. The van der Waals surface area contributed by atoms with Crippen LogP contribution < -0.4 is 20.9 Å². The predicted molar refractivity (Wildman–Crippen MR) is 651 cm³/mol. The second kappa shape index (κ2) is 69.0. The molecule has 8 saturated heterocycles. The van der Waals surface area contributed by atoms with Crippen molar-refractivity contribution >= 4 is 5.69 Å². The van der Waals surface area contributed by atoms with E-state index in [1.165, 1.54) is 421 Å². The van der Waals surface area contributed by atoms with Crippen molar-refractivity contribution in [2.24, 2.45) is 82.9 Å². The van der Waals surface area contributed by atoms with Gasteiger partial charge in [-0.2, -0.15) is 0 Å². The summed E-state index contributed by atoms with van der Waals surface area (Å²) in [7, 11) is 28.5. The van der Waals surface area contributed by atoms with E-state index in [0.717, 1.165) is 95.9 Å². The van der Waals surface area contributed by atoms with Crippen molar-refractivity contribution in [3.05, 3.63) is 101 Å². The minimum Gasteiger partial charge on any atom is -0.360 e. The van der Waals surface area contributed by atoms with Crippen LogP contribution in [0, 0.1) is 82.9 Å². The van der Waals surface area contributed by atoms with Gasteiger partial charge in [-0.15, -0.1) is 0 Å². The third kappa shape index (κ3) is 51.9. The Kier molecular flexibility index (Phi) is 67.5. The van der Waals surface area contributed by atoms with Gasteiger partial charge >= 0.3 is 0 Å². The first-order chi connectivity index (χ1) is 64.6. The molecule has 0 aromatic heterocycles. The first-order valence-electron chi connectivity index (χ1n) is 58.2. The van der Waals surface area contributed by atoms with Gasteiger partial charge in [0.15, 0.2) is 0 Å². The highest BCUT2D eigenvalue weighted by Crippen LogP contribution is 2.41. The average Bonchev–Trinajstić information content (AvgIpc) is 1.82. The van der Waals surface area contributed by atoms with Crippen molar-refractivity contribution in [3.63, 3.8) is 0 Å². The largest absolute Gasteiger partial charge is 0.360 e. The van der Waals surface area contributed by atoms with Gasteiger partial charge in [0.2, 0.25) is 0 Å². The van der Waals surface area contributed by atoms with Gasteiger partial charge in [-0.05, 0) is 237 Å². The highest BCUT2D eigenvalue weighted by Gasteiger charge is 2.40. The molecule has 15 rings (SSSR count). The summed E-state index contributed by atoms with van der Waals surface area (Å²) >= 11 is 0. The summed E-state index contributed by atoms with van der Waals surface area (Å²) in [5.74, 6) is 15.3. The van der Waals surface area contributed by atoms with Gasteiger partial charge in [-0.1, -0.05) is 245 Å². The molecule has 0 spiro atoms. The number of benzene rings is 3. The van der Waals surface area contributed by atoms with Crippen LogP contribution in [0.5, 0.6) is 0 Å². The minimum absolute atomic E-state index is 0. The maximum atomic E-state index is 3.48. The lowest BCUT2D eigenvalue weighted by molar-refractivity contribution is -0.926. The average molecular weight is 2040 g/mol. The SMILES string of the molecule is C.C.C.C.C.C.C.C.CC(C)C1CCC(C[N+]2(C)CCN(C)CC2)C1.CC(C)C1CCC(C[N+]2(C)CCN(C)CC2)CC1.CC(C)C1CCC(C[N+]2(C)CCNCC2)C1.CC(C)C1CCC(C[N+]2(C)CCNCC2)CC1.CC(C)CC[N+]1(C)CCN(C)CC1.CC(C)CC[N+]1(C)CCN(c2ccc(C(C)C)cc2)CC1.CC(C)c1ccc(C[N+]2(C)CCN(C)CC2)cc1.CC(C)c1ccc(C[N+]2(C)CCNCC2)cc1. The number of likely N-dealkylation sites (N-methyl/N-ethyl adjacent to an activating group) is 12. The van der Waals surface area contributed by atoms with E-state index in [2.05, 4.69) is 322 Å². The predicted octanol–water partition coefficient (Wildman–Crippen LogP) is 25.6. The van der Waals surface area contributed by atoms with E-state index in [9.17, 15) is 0 Å². The summed E-state index contributed by atoms with van der Waals surface area (Å²) in [5.41, 5.74) is 8.67. The van der Waals surface area contributed by atoms with Crippen LogP contribution in [-0.2, 0) is 13.1 Å². The summed E-state index contributed by atoms with van der Waals surface area (Å²) in [6.45, 7) is 93.6. The second-order valence-corrected chi connectivity index (χ2v) is 53.8. The molecule has 4 atom stereocenters. The van der Waals surface area contributed by atoms with Crippen molar-refractivity contribution in [2.75, 3.05) is 338 Å². The number of nitrogens with zero attached hydrogens (tertiary/aromatic N) is 13. The quantitative estimate of drug-likeness (QED) is 0.0688. The molecule has 12 fully saturated rings. The van der Waals surface area contributed by atoms with Crippen LogP contribution in [0.4, 0.5) is 5.69 Å². The molecule has 8 heterocycles. The first-order valence-corrected chi connectivity index (χ1v) is 58.2. The summed E-state index contributed by atoms with van der Waals surface area (Å²) in [6.07, 6.45) is 23.6. The van der Waals surface area contributed by atoms with Crippen LogP contribution >= 0.6 is 0 Å². The highest BCUT2D eigenvalue weighted by atomic mass is 15.4. The van der Waals surface area contributed by atoms with Crippen LogP contribution in [0.2, 0.25) is 0 Å². The number of nitrogens with one attached hydrogen (secondary N) is 3. The number of hydrogen-bond donors (Lipinski definition) is 3. The highest BCUT2D eigenvalue weighted by molar-refractivity contribution is 5.48. The van der Waals surface area contributed by atoms with Gasteiger partial charge in [0.1, 0.15) is 13.1 Å². The second-order valence-electron chi connectivity index (χ2n) is 53.8. The van der Waals surface area contributed by atoms with Crippen molar-refractivity contribution < 1.29 is 35.9 Å². The lowest BCUT2D eigenvalue weighted by Gasteiger charge is -2.44. The van der Waals surface area contributed by atoms with E-state index in [1.807, 2.05) is 0 Å². The van der Waals surface area contributed by atoms with Crippen molar-refractivity contribution in [3.8, 4) is 0 Å². The standard InChI is InChI=1S/C19H33N2.C16H33N2.C16H27N2.2C15H31N2.C15H25N2.C14H29N2.C11H25N2.8CH4/c1-16(2)10-13-21(5)14-11-20(12-15-21)19-8-6-18(7-9-19)17(3)4;2*1-14(2)16-7-5-15(6-8-16)13-18(4)11-9-17(3)10-12-18;1-13(2)15-6-5-14(11-15)12-17(4)9-7-16(3)8-10-17;2*1-13(2)15-6-4-14(5-7-15)12-17(3)10-8-16-9-11-17;1-12(2)14-5-4-13(10-14)11-16(3)8-6-15-7-9-16;1-11(2)5-8-13(4)9-6-12(3)7-10-13;;;;;;;;/h6-9,16-17H,10-15H2,1-5H3;14-16H,5-13H2,1-4H3;5-8,14H,9-13H2,1-4H3;13-15H,5-12H2,1-4H3;13-16H,4-12H2,1-3H3;4-7,13,16H,8-12H2,1-3H3;12-15H,4-11H2,1-3H3;11H,5-10H2,1-4H3;8*1H4/q8*+1;;;;;;;;. The molecule has 0 amide bonds. The molecule has 3 N–H and O–H groups in total. The van der Waals surface area contributed by atoms with Crippen LogP contribution in [-0.4, -0.2) is 389 Å². The summed E-state index contributed by atoms with van der Waals surface area (Å²) < 4.78 is 10.2. The van der Waals surface area contributed by atoms with E-state index in [4.69, 9.17) is 0 Å². The number of piperazine rings is 8. The van der Waals surface area contributed by atoms with Gasteiger partial charge in [-0.25, -0.2) is 0 Å². The van der Waals surface area contributed by atoms with Crippen molar-refractivity contribution in [2.45, 2.75) is 318 Å². The lowest BCUT2D eigenvalue weighted by Crippen LogP contribution is -2.58. The molecule has 3 aromatic rings. The topological polar surface area (TPSA) is 52.3 Å². The molecular weight excluding hydrogens is 1770 g/mol. The zero-order chi connectivity index (χ0) is 100. The minimum atomic E-state index is 0. The molecule has 0 radical (unpaired) electrons. The Morgan fingerprint density at radius 1 is 0.248 bits per heavy atom. The summed E-state index contributed by atoms with van der Waals surface area (Å²) in [6, 6.07) is 27.6. The molecule has 16 nitrogen and oxygen atoms in total. The Morgan fingerprint density at radius 2 is 0.462 bits per heavy atom. The van der Waals surface area contributed by atoms with Crippen molar-refractivity contribution in [1.29, 1.82) is 0 Å². The third-order valence-corrected chi connectivity index (χ3v) is 37.3. The molecule has 4 unspecified atom stereocenters. The van der Waals surface area contributed by atoms with Crippen LogP contribution in [0.15, 0.2) is 72.8 Å². The third-order valence-electron chi connectivity index (χ3n) is 37.3. The monoisotopic (exact) mass is 2040 g/mol. The van der Waals surface area contributed by atoms with Gasteiger partial charge in [-0.3, -0.25) is 19.6 Å².